The van der Waals surface area contributed by atoms with Crippen LogP contribution in [0.5, 0.6) is 0 Å². The Labute approximate surface area is 73.0 Å². The minimum absolute atomic E-state index is 0.612. The van der Waals surface area contributed by atoms with Crippen LogP contribution in [0.4, 0.5) is 0 Å². The van der Waals surface area contributed by atoms with Gasteiger partial charge in [0.05, 0.1) is 7.11 Å². The summed E-state index contributed by atoms with van der Waals surface area (Å²) in [5.41, 5.74) is 1.88. The highest BCUT2D eigenvalue weighted by Gasteiger charge is 2.00. The number of allylic oxidation sites excluding steroid dienone is 1. The Bertz CT molecular complexity index is 285. The summed E-state index contributed by atoms with van der Waals surface area (Å²) in [7, 11) is 1.59. The van der Waals surface area contributed by atoms with E-state index >= 15 is 0 Å². The molecule has 0 bridgehead atoms. The quantitative estimate of drug-likeness (QED) is 0.488. The molecule has 12 heavy (non-hydrogen) atoms. The summed E-state index contributed by atoms with van der Waals surface area (Å²) in [4.78, 5) is 0. The molecule has 0 aliphatic heterocycles. The normalized spacial score (nSPS) is 9.08. The maximum absolute atomic E-state index is 4.97. The van der Waals surface area contributed by atoms with E-state index in [0.717, 1.165) is 11.1 Å². The van der Waals surface area contributed by atoms with Crippen LogP contribution in [0.3, 0.4) is 0 Å². The van der Waals surface area contributed by atoms with Gasteiger partial charge in [0.15, 0.2) is 0 Å². The Morgan fingerprint density at radius 1 is 1.17 bits per heavy atom. The van der Waals surface area contributed by atoms with E-state index < -0.39 is 0 Å². The fraction of sp³-hybridized carbons (Fsp3) is 0.0909. The number of rotatable bonds is 3. The molecule has 0 aromatic heterocycles. The van der Waals surface area contributed by atoms with Crippen molar-refractivity contribution in [2.24, 2.45) is 0 Å². The van der Waals surface area contributed by atoms with Crippen molar-refractivity contribution in [2.45, 2.75) is 0 Å². The van der Waals surface area contributed by atoms with Crippen LogP contribution in [0.2, 0.25) is 0 Å². The van der Waals surface area contributed by atoms with Crippen molar-refractivity contribution in [3.05, 3.63) is 54.8 Å². The number of methoxy groups -OCH3 is 1. The van der Waals surface area contributed by atoms with Crippen LogP contribution in [0.25, 0.3) is 5.57 Å². The summed E-state index contributed by atoms with van der Waals surface area (Å²) in [6.45, 7) is 7.60. The smallest absolute Gasteiger partial charge is 0.118 e. The second-order valence-corrected chi connectivity index (χ2v) is 2.47. The third-order valence-corrected chi connectivity index (χ3v) is 1.71. The Morgan fingerprint density at radius 3 is 2.25 bits per heavy atom. The molecule has 1 nitrogen and oxygen atoms in total. The molecule has 0 N–H and O–H groups in total. The molecule has 0 amide bonds. The monoisotopic (exact) mass is 160 g/mol. The van der Waals surface area contributed by atoms with E-state index in [2.05, 4.69) is 13.2 Å². The van der Waals surface area contributed by atoms with Gasteiger partial charge in [-0.05, 0) is 5.56 Å². The van der Waals surface area contributed by atoms with Crippen LogP contribution in [-0.2, 0) is 4.74 Å². The summed E-state index contributed by atoms with van der Waals surface area (Å²) in [5, 5.41) is 0. The molecule has 0 atom stereocenters. The standard InChI is InChI=1S/C11H12O/c1-9(10(2)12-3)11-7-5-4-6-8-11/h4-8H,1-2H2,3H3. The van der Waals surface area contributed by atoms with E-state index in [0.29, 0.717) is 5.76 Å². The highest BCUT2D eigenvalue weighted by molar-refractivity contribution is 5.74. The summed E-state index contributed by atoms with van der Waals surface area (Å²) in [6, 6.07) is 9.85. The number of ether oxygens (including phenoxy) is 1. The van der Waals surface area contributed by atoms with Gasteiger partial charge in [0.2, 0.25) is 0 Å². The zero-order valence-electron chi connectivity index (χ0n) is 7.21. The van der Waals surface area contributed by atoms with Crippen molar-refractivity contribution in [3.8, 4) is 0 Å². The van der Waals surface area contributed by atoms with Crippen LogP contribution >= 0.6 is 0 Å². The maximum Gasteiger partial charge on any atom is 0.118 e. The zero-order chi connectivity index (χ0) is 8.97. The largest absolute Gasteiger partial charge is 0.497 e. The van der Waals surface area contributed by atoms with Gasteiger partial charge in [-0.2, -0.15) is 0 Å². The topological polar surface area (TPSA) is 9.23 Å². The second kappa shape index (κ2) is 3.77. The first-order chi connectivity index (χ1) is 5.75. The van der Waals surface area contributed by atoms with E-state index in [1.807, 2.05) is 30.3 Å². The summed E-state index contributed by atoms with van der Waals surface area (Å²) < 4.78 is 4.97. The Hall–Kier alpha value is -1.50. The molecule has 0 aliphatic rings. The van der Waals surface area contributed by atoms with Gasteiger partial charge in [0.1, 0.15) is 5.76 Å². The van der Waals surface area contributed by atoms with Crippen molar-refractivity contribution in [2.75, 3.05) is 7.11 Å². The molecule has 62 valence electrons. The van der Waals surface area contributed by atoms with E-state index in [9.17, 15) is 0 Å². The lowest BCUT2D eigenvalue weighted by atomic mass is 10.1. The molecule has 0 saturated heterocycles. The van der Waals surface area contributed by atoms with Gasteiger partial charge in [-0.25, -0.2) is 0 Å². The van der Waals surface area contributed by atoms with E-state index in [-0.39, 0.29) is 0 Å². The summed E-state index contributed by atoms with van der Waals surface area (Å²) >= 11 is 0. The summed E-state index contributed by atoms with van der Waals surface area (Å²) in [6.07, 6.45) is 0. The first-order valence-electron chi connectivity index (χ1n) is 3.73. The molecular formula is C11H12O. The molecule has 0 unspecified atom stereocenters. The average Bonchev–Trinajstić information content (AvgIpc) is 2.17. The molecule has 0 radical (unpaired) electrons. The molecule has 1 aromatic rings. The van der Waals surface area contributed by atoms with E-state index in [1.54, 1.807) is 7.11 Å². The highest BCUT2D eigenvalue weighted by atomic mass is 16.5. The predicted molar refractivity (Wildman–Crippen MR) is 51.6 cm³/mol. The third kappa shape index (κ3) is 1.76. The first-order valence-corrected chi connectivity index (χ1v) is 3.73. The number of benzene rings is 1. The van der Waals surface area contributed by atoms with Gasteiger partial charge in [-0.15, -0.1) is 0 Å². The zero-order valence-corrected chi connectivity index (χ0v) is 7.21. The molecule has 0 heterocycles. The molecule has 1 aromatic carbocycles. The second-order valence-electron chi connectivity index (χ2n) is 2.47. The minimum atomic E-state index is 0.612. The SMILES string of the molecule is C=C(OC)C(=C)c1ccccc1. The highest BCUT2D eigenvalue weighted by Crippen LogP contribution is 2.18. The van der Waals surface area contributed by atoms with Crippen LogP contribution in [0.1, 0.15) is 5.56 Å². The van der Waals surface area contributed by atoms with E-state index in [1.165, 1.54) is 0 Å². The lowest BCUT2D eigenvalue weighted by Gasteiger charge is -2.06. The third-order valence-electron chi connectivity index (χ3n) is 1.71. The molecule has 0 aliphatic carbocycles. The molecule has 1 rings (SSSR count). The molecule has 0 saturated carbocycles. The number of hydrogen-bond acceptors (Lipinski definition) is 1. The van der Waals surface area contributed by atoms with Crippen molar-refractivity contribution in [1.82, 2.24) is 0 Å². The van der Waals surface area contributed by atoms with Crippen molar-refractivity contribution in [3.63, 3.8) is 0 Å². The minimum Gasteiger partial charge on any atom is -0.497 e. The predicted octanol–water partition coefficient (Wildman–Crippen LogP) is 2.86. The lowest BCUT2D eigenvalue weighted by molar-refractivity contribution is 0.313. The van der Waals surface area contributed by atoms with Crippen LogP contribution in [-0.4, -0.2) is 7.11 Å². The van der Waals surface area contributed by atoms with Gasteiger partial charge in [-0.1, -0.05) is 43.5 Å². The molecule has 0 spiro atoms. The first kappa shape index (κ1) is 8.60. The van der Waals surface area contributed by atoms with Crippen molar-refractivity contribution >= 4 is 5.57 Å². The van der Waals surface area contributed by atoms with Crippen molar-refractivity contribution < 1.29 is 4.74 Å². The Kier molecular flexibility index (Phi) is 2.70. The average molecular weight is 160 g/mol. The van der Waals surface area contributed by atoms with Crippen LogP contribution < -0.4 is 0 Å². The van der Waals surface area contributed by atoms with Crippen LogP contribution in [0.15, 0.2) is 49.2 Å². The fourth-order valence-corrected chi connectivity index (χ4v) is 0.924. The van der Waals surface area contributed by atoms with Gasteiger partial charge in [-0.3, -0.25) is 0 Å². The fourth-order valence-electron chi connectivity index (χ4n) is 0.924. The number of hydrogen-bond donors (Lipinski definition) is 0. The van der Waals surface area contributed by atoms with Crippen molar-refractivity contribution in [1.29, 1.82) is 0 Å². The Morgan fingerprint density at radius 2 is 1.75 bits per heavy atom. The molecular weight excluding hydrogens is 148 g/mol. The van der Waals surface area contributed by atoms with Gasteiger partial charge in [0, 0.05) is 5.57 Å². The molecule has 0 fully saturated rings. The summed E-state index contributed by atoms with van der Waals surface area (Å²) in [5.74, 6) is 0.612. The van der Waals surface area contributed by atoms with Gasteiger partial charge < -0.3 is 4.74 Å². The Balaban J connectivity index is 2.86. The maximum atomic E-state index is 4.97. The van der Waals surface area contributed by atoms with E-state index in [4.69, 9.17) is 4.74 Å². The van der Waals surface area contributed by atoms with Gasteiger partial charge >= 0.3 is 0 Å². The van der Waals surface area contributed by atoms with Gasteiger partial charge in [0.25, 0.3) is 0 Å². The molecule has 1 heteroatoms. The van der Waals surface area contributed by atoms with Crippen LogP contribution in [0, 0.1) is 0 Å². The lowest BCUT2D eigenvalue weighted by Crippen LogP contribution is -1.88.